The molecule has 0 aliphatic rings. The first-order valence-corrected chi connectivity index (χ1v) is 6.02. The number of hydrogen-bond acceptors (Lipinski definition) is 3. The molecule has 0 amide bonds. The zero-order valence-electron chi connectivity index (χ0n) is 9.13. The van der Waals surface area contributed by atoms with E-state index >= 15 is 0 Å². The number of rotatable bonds is 3. The van der Waals surface area contributed by atoms with E-state index in [9.17, 15) is 0 Å². The van der Waals surface area contributed by atoms with Gasteiger partial charge < -0.3 is 5.73 Å². The van der Waals surface area contributed by atoms with Crippen molar-refractivity contribution < 1.29 is 0 Å². The molecule has 0 aliphatic heterocycles. The van der Waals surface area contributed by atoms with E-state index in [1.165, 1.54) is 4.90 Å². The Morgan fingerprint density at radius 3 is 2.44 bits per heavy atom. The van der Waals surface area contributed by atoms with E-state index in [0.717, 1.165) is 10.6 Å². The summed E-state index contributed by atoms with van der Waals surface area (Å²) in [6.07, 6.45) is 1.80. The maximum Gasteiger partial charge on any atom is 0.101 e. The van der Waals surface area contributed by atoms with E-state index in [1.807, 2.05) is 25.1 Å². The van der Waals surface area contributed by atoms with Gasteiger partial charge in [-0.3, -0.25) is 0 Å². The summed E-state index contributed by atoms with van der Waals surface area (Å²) in [5.74, 6) is 0. The number of hydrogen-bond donors (Lipinski definition) is 1. The van der Waals surface area contributed by atoms with Crippen molar-refractivity contribution in [2.45, 2.75) is 22.9 Å². The molecule has 0 bridgehead atoms. The summed E-state index contributed by atoms with van der Waals surface area (Å²) in [4.78, 5) is 5.45. The van der Waals surface area contributed by atoms with Crippen molar-refractivity contribution in [3.63, 3.8) is 0 Å². The summed E-state index contributed by atoms with van der Waals surface area (Å²) in [5, 5.41) is 1.01. The minimum atomic E-state index is 0.0916. The molecule has 2 N–H and O–H groups in total. The van der Waals surface area contributed by atoms with Crippen molar-refractivity contribution in [1.82, 2.24) is 4.98 Å². The third-order valence-electron chi connectivity index (χ3n) is 2.27. The molecule has 1 atom stereocenters. The topological polar surface area (TPSA) is 38.9 Å². The fourth-order valence-electron chi connectivity index (χ4n) is 1.37. The number of nitrogens with two attached hydrogens (primary N) is 1. The maximum absolute atomic E-state index is 5.80. The van der Waals surface area contributed by atoms with Crippen LogP contribution in [0.15, 0.2) is 58.6 Å². The first-order chi connectivity index (χ1) is 7.75. The van der Waals surface area contributed by atoms with E-state index < -0.39 is 0 Å². The highest BCUT2D eigenvalue weighted by atomic mass is 32.2. The van der Waals surface area contributed by atoms with Gasteiger partial charge in [-0.25, -0.2) is 4.98 Å². The maximum atomic E-state index is 5.80. The molecule has 2 aromatic rings. The summed E-state index contributed by atoms with van der Waals surface area (Å²) in [6.45, 7) is 1.99. The summed E-state index contributed by atoms with van der Waals surface area (Å²) in [6, 6.07) is 14.3. The van der Waals surface area contributed by atoms with Gasteiger partial charge in [-0.1, -0.05) is 30.0 Å². The molecule has 0 fully saturated rings. The second-order valence-corrected chi connectivity index (χ2v) is 4.72. The van der Waals surface area contributed by atoms with Crippen LogP contribution in [-0.2, 0) is 0 Å². The van der Waals surface area contributed by atoms with Gasteiger partial charge in [0.1, 0.15) is 5.03 Å². The van der Waals surface area contributed by atoms with Gasteiger partial charge in [0.25, 0.3) is 0 Å². The van der Waals surface area contributed by atoms with Crippen LogP contribution in [0.2, 0.25) is 0 Å². The normalized spacial score (nSPS) is 12.4. The largest absolute Gasteiger partial charge is 0.324 e. The standard InChI is InChI=1S/C13H14N2S/c1-10(14)11-5-7-12(8-6-11)16-13-4-2-3-9-15-13/h2-10H,14H2,1H3/t10-/m0/s1. The molecule has 0 saturated heterocycles. The third-order valence-corrected chi connectivity index (χ3v) is 3.22. The zero-order valence-corrected chi connectivity index (χ0v) is 9.95. The first kappa shape index (κ1) is 11.2. The van der Waals surface area contributed by atoms with E-state index in [-0.39, 0.29) is 6.04 Å². The number of nitrogens with zero attached hydrogens (tertiary/aromatic N) is 1. The Morgan fingerprint density at radius 1 is 1.12 bits per heavy atom. The number of benzene rings is 1. The Balaban J connectivity index is 2.11. The van der Waals surface area contributed by atoms with Gasteiger partial charge in [-0.05, 0) is 36.8 Å². The van der Waals surface area contributed by atoms with E-state index in [1.54, 1.807) is 18.0 Å². The van der Waals surface area contributed by atoms with Crippen molar-refractivity contribution >= 4 is 11.8 Å². The Morgan fingerprint density at radius 2 is 1.88 bits per heavy atom. The van der Waals surface area contributed by atoms with Gasteiger partial charge in [0.15, 0.2) is 0 Å². The van der Waals surface area contributed by atoms with Crippen molar-refractivity contribution in [3.05, 3.63) is 54.2 Å². The van der Waals surface area contributed by atoms with Crippen molar-refractivity contribution in [2.75, 3.05) is 0 Å². The molecule has 1 aromatic carbocycles. The van der Waals surface area contributed by atoms with Crippen molar-refractivity contribution in [2.24, 2.45) is 5.73 Å². The molecular formula is C13H14N2S. The third kappa shape index (κ3) is 2.84. The Bertz CT molecular complexity index is 437. The van der Waals surface area contributed by atoms with E-state index in [2.05, 4.69) is 29.2 Å². The van der Waals surface area contributed by atoms with Crippen LogP contribution in [0.1, 0.15) is 18.5 Å². The second kappa shape index (κ2) is 5.14. The zero-order chi connectivity index (χ0) is 11.4. The van der Waals surface area contributed by atoms with Crippen LogP contribution in [0.5, 0.6) is 0 Å². The van der Waals surface area contributed by atoms with Gasteiger partial charge in [-0.15, -0.1) is 0 Å². The fraction of sp³-hybridized carbons (Fsp3) is 0.154. The summed E-state index contributed by atoms with van der Waals surface area (Å²) < 4.78 is 0. The molecule has 3 heteroatoms. The minimum Gasteiger partial charge on any atom is -0.324 e. The number of aromatic nitrogens is 1. The summed E-state index contributed by atoms with van der Waals surface area (Å²) >= 11 is 1.66. The molecule has 0 aliphatic carbocycles. The molecule has 82 valence electrons. The van der Waals surface area contributed by atoms with Crippen molar-refractivity contribution in [1.29, 1.82) is 0 Å². The lowest BCUT2D eigenvalue weighted by molar-refractivity contribution is 0.817. The molecule has 0 radical (unpaired) electrons. The molecule has 0 spiro atoms. The molecular weight excluding hydrogens is 216 g/mol. The summed E-state index contributed by atoms with van der Waals surface area (Å²) in [5.41, 5.74) is 6.95. The lowest BCUT2D eigenvalue weighted by Gasteiger charge is -2.06. The first-order valence-electron chi connectivity index (χ1n) is 5.20. The quantitative estimate of drug-likeness (QED) is 0.879. The van der Waals surface area contributed by atoms with E-state index in [0.29, 0.717) is 0 Å². The van der Waals surface area contributed by atoms with Gasteiger partial charge in [0.05, 0.1) is 0 Å². The Labute approximate surface area is 99.9 Å². The second-order valence-electron chi connectivity index (χ2n) is 3.63. The predicted molar refractivity (Wildman–Crippen MR) is 67.4 cm³/mol. The SMILES string of the molecule is C[C@H](N)c1ccc(Sc2ccccn2)cc1. The van der Waals surface area contributed by atoms with Gasteiger partial charge in [0.2, 0.25) is 0 Å². The van der Waals surface area contributed by atoms with Gasteiger partial charge >= 0.3 is 0 Å². The number of pyridine rings is 1. The monoisotopic (exact) mass is 230 g/mol. The van der Waals surface area contributed by atoms with Crippen LogP contribution in [-0.4, -0.2) is 4.98 Å². The fourth-order valence-corrected chi connectivity index (χ4v) is 2.14. The lowest BCUT2D eigenvalue weighted by atomic mass is 10.1. The highest BCUT2D eigenvalue weighted by molar-refractivity contribution is 7.99. The highest BCUT2D eigenvalue weighted by Crippen LogP contribution is 2.26. The van der Waals surface area contributed by atoms with E-state index in [4.69, 9.17) is 5.73 Å². The van der Waals surface area contributed by atoms with Crippen LogP contribution < -0.4 is 5.73 Å². The Kier molecular flexibility index (Phi) is 3.59. The predicted octanol–water partition coefficient (Wildman–Crippen LogP) is 3.25. The molecule has 16 heavy (non-hydrogen) atoms. The molecule has 0 unspecified atom stereocenters. The average Bonchev–Trinajstić information content (AvgIpc) is 2.31. The van der Waals surface area contributed by atoms with Crippen LogP contribution in [0.3, 0.4) is 0 Å². The minimum absolute atomic E-state index is 0.0916. The molecule has 0 saturated carbocycles. The molecule has 1 aromatic heterocycles. The van der Waals surface area contributed by atoms with Crippen LogP contribution >= 0.6 is 11.8 Å². The lowest BCUT2D eigenvalue weighted by Crippen LogP contribution is -2.04. The van der Waals surface area contributed by atoms with Gasteiger partial charge in [-0.2, -0.15) is 0 Å². The summed E-state index contributed by atoms with van der Waals surface area (Å²) in [7, 11) is 0. The average molecular weight is 230 g/mol. The van der Waals surface area contributed by atoms with Crippen molar-refractivity contribution in [3.8, 4) is 0 Å². The smallest absolute Gasteiger partial charge is 0.101 e. The molecule has 1 heterocycles. The van der Waals surface area contributed by atoms with Crippen LogP contribution in [0, 0.1) is 0 Å². The van der Waals surface area contributed by atoms with Crippen LogP contribution in [0.25, 0.3) is 0 Å². The highest BCUT2D eigenvalue weighted by Gasteiger charge is 2.00. The molecule has 2 nitrogen and oxygen atoms in total. The Hall–Kier alpha value is -1.32. The van der Waals surface area contributed by atoms with Crippen LogP contribution in [0.4, 0.5) is 0 Å². The van der Waals surface area contributed by atoms with Gasteiger partial charge in [0, 0.05) is 17.1 Å². The molecule has 2 rings (SSSR count).